The first-order valence-corrected chi connectivity index (χ1v) is 8.83. The molecule has 1 amide bonds. The first kappa shape index (κ1) is 17.1. The van der Waals surface area contributed by atoms with E-state index in [4.69, 9.17) is 4.74 Å². The number of carbonyl (C=O) groups excluding carboxylic acids is 1. The highest BCUT2D eigenvalue weighted by molar-refractivity contribution is 8.00. The first-order chi connectivity index (χ1) is 12.2. The molecule has 0 saturated carbocycles. The van der Waals surface area contributed by atoms with E-state index in [-0.39, 0.29) is 5.91 Å². The summed E-state index contributed by atoms with van der Waals surface area (Å²) in [4.78, 5) is 13.3. The van der Waals surface area contributed by atoms with E-state index < -0.39 is 0 Å². The van der Waals surface area contributed by atoms with E-state index in [0.717, 1.165) is 22.0 Å². The summed E-state index contributed by atoms with van der Waals surface area (Å²) in [6.45, 7) is 1.90. The van der Waals surface area contributed by atoms with E-state index in [2.05, 4.69) is 10.4 Å². The molecule has 0 unspecified atom stereocenters. The van der Waals surface area contributed by atoms with Crippen LogP contribution < -0.4 is 10.1 Å². The second kappa shape index (κ2) is 7.90. The molecule has 25 heavy (non-hydrogen) atoms. The minimum atomic E-state index is -0.0714. The Labute approximate surface area is 151 Å². The fourth-order valence-electron chi connectivity index (χ4n) is 2.35. The van der Waals surface area contributed by atoms with Crippen molar-refractivity contribution >= 4 is 23.5 Å². The molecular weight excluding hydrogens is 334 g/mol. The summed E-state index contributed by atoms with van der Waals surface area (Å²) < 4.78 is 6.87. The Morgan fingerprint density at radius 1 is 1.16 bits per heavy atom. The quantitative estimate of drug-likeness (QED) is 0.683. The number of methoxy groups -OCH3 is 1. The number of anilines is 1. The third kappa shape index (κ3) is 4.42. The number of thioether (sulfide) groups is 1. The van der Waals surface area contributed by atoms with Crippen molar-refractivity contribution in [2.45, 2.75) is 11.8 Å². The van der Waals surface area contributed by atoms with Crippen LogP contribution in [-0.2, 0) is 4.79 Å². The summed E-state index contributed by atoms with van der Waals surface area (Å²) in [5.74, 6) is 1.73. The topological polar surface area (TPSA) is 56.1 Å². The summed E-state index contributed by atoms with van der Waals surface area (Å²) in [7, 11) is 1.63. The van der Waals surface area contributed by atoms with E-state index >= 15 is 0 Å². The first-order valence-electron chi connectivity index (χ1n) is 7.84. The van der Waals surface area contributed by atoms with E-state index in [1.54, 1.807) is 11.8 Å². The lowest BCUT2D eigenvalue weighted by atomic mass is 10.3. The van der Waals surface area contributed by atoms with Crippen LogP contribution in [0.1, 0.15) is 5.69 Å². The van der Waals surface area contributed by atoms with E-state index in [1.165, 1.54) is 11.8 Å². The molecular formula is C19H19N3O2S. The molecule has 1 heterocycles. The van der Waals surface area contributed by atoms with Crippen molar-refractivity contribution in [1.29, 1.82) is 0 Å². The molecule has 0 aliphatic carbocycles. The Bertz CT molecular complexity index is 845. The van der Waals surface area contributed by atoms with Crippen LogP contribution in [0, 0.1) is 6.92 Å². The van der Waals surface area contributed by atoms with Crippen LogP contribution in [0.4, 0.5) is 5.82 Å². The largest absolute Gasteiger partial charge is 0.497 e. The molecule has 0 radical (unpaired) electrons. The van der Waals surface area contributed by atoms with Crippen LogP contribution in [0.15, 0.2) is 65.6 Å². The Morgan fingerprint density at radius 2 is 1.88 bits per heavy atom. The van der Waals surface area contributed by atoms with Gasteiger partial charge in [-0.25, -0.2) is 4.68 Å². The number of nitrogens with zero attached hydrogens (tertiary/aromatic N) is 2. The number of aryl methyl sites for hydroxylation is 1. The predicted molar refractivity (Wildman–Crippen MR) is 101 cm³/mol. The Balaban J connectivity index is 1.65. The van der Waals surface area contributed by atoms with Crippen molar-refractivity contribution in [3.63, 3.8) is 0 Å². The van der Waals surface area contributed by atoms with Gasteiger partial charge in [-0.3, -0.25) is 4.79 Å². The molecule has 2 aromatic carbocycles. The number of nitrogens with one attached hydrogen (secondary N) is 1. The van der Waals surface area contributed by atoms with Gasteiger partial charge >= 0.3 is 0 Å². The standard InChI is InChI=1S/C19H19N3O2S/c1-14-12-18(22(21-14)15-6-4-3-5-7-15)20-19(23)13-25-17-10-8-16(24-2)9-11-17/h3-12H,13H2,1-2H3,(H,20,23). The maximum absolute atomic E-state index is 12.3. The second-order valence-corrected chi connectivity index (χ2v) is 6.48. The Kier molecular flexibility index (Phi) is 5.40. The molecule has 0 fully saturated rings. The maximum Gasteiger partial charge on any atom is 0.235 e. The van der Waals surface area contributed by atoms with Gasteiger partial charge in [0.15, 0.2) is 0 Å². The van der Waals surface area contributed by atoms with Gasteiger partial charge in [-0.05, 0) is 43.3 Å². The molecule has 0 aliphatic rings. The number of benzene rings is 2. The molecule has 1 N–H and O–H groups in total. The van der Waals surface area contributed by atoms with Gasteiger partial charge in [0.2, 0.25) is 5.91 Å². The average molecular weight is 353 g/mol. The number of para-hydroxylation sites is 1. The third-order valence-electron chi connectivity index (χ3n) is 3.53. The summed E-state index contributed by atoms with van der Waals surface area (Å²) in [5, 5.41) is 7.39. The molecule has 0 saturated heterocycles. The van der Waals surface area contributed by atoms with Gasteiger partial charge in [0.05, 0.1) is 24.2 Å². The van der Waals surface area contributed by atoms with E-state index in [1.807, 2.05) is 67.6 Å². The normalized spacial score (nSPS) is 10.5. The SMILES string of the molecule is COc1ccc(SCC(=O)Nc2cc(C)nn2-c2ccccc2)cc1. The highest BCUT2D eigenvalue weighted by atomic mass is 32.2. The van der Waals surface area contributed by atoms with E-state index in [9.17, 15) is 4.79 Å². The lowest BCUT2D eigenvalue weighted by molar-refractivity contribution is -0.113. The summed E-state index contributed by atoms with van der Waals surface area (Å²) in [6, 6.07) is 19.2. The van der Waals surface area contributed by atoms with Crippen LogP contribution in [0.5, 0.6) is 5.75 Å². The summed E-state index contributed by atoms with van der Waals surface area (Å²) >= 11 is 1.48. The summed E-state index contributed by atoms with van der Waals surface area (Å²) in [5.41, 5.74) is 1.76. The van der Waals surface area contributed by atoms with Crippen LogP contribution in [0.2, 0.25) is 0 Å². The zero-order valence-electron chi connectivity index (χ0n) is 14.1. The fourth-order valence-corrected chi connectivity index (χ4v) is 3.05. The number of aromatic nitrogens is 2. The molecule has 3 rings (SSSR count). The lowest BCUT2D eigenvalue weighted by Crippen LogP contribution is -2.16. The number of rotatable bonds is 6. The van der Waals surface area contributed by atoms with Crippen LogP contribution in [0.3, 0.4) is 0 Å². The van der Waals surface area contributed by atoms with Crippen molar-refractivity contribution in [3.05, 3.63) is 66.4 Å². The summed E-state index contributed by atoms with van der Waals surface area (Å²) in [6.07, 6.45) is 0. The van der Waals surface area contributed by atoms with Gasteiger partial charge in [-0.15, -0.1) is 11.8 Å². The zero-order chi connectivity index (χ0) is 17.6. The lowest BCUT2D eigenvalue weighted by Gasteiger charge is -2.09. The van der Waals surface area contributed by atoms with Crippen LogP contribution in [-0.4, -0.2) is 28.6 Å². The van der Waals surface area contributed by atoms with Crippen molar-refractivity contribution in [1.82, 2.24) is 9.78 Å². The van der Waals surface area contributed by atoms with Crippen molar-refractivity contribution < 1.29 is 9.53 Å². The molecule has 128 valence electrons. The minimum Gasteiger partial charge on any atom is -0.497 e. The molecule has 1 aromatic heterocycles. The van der Waals surface area contributed by atoms with Crippen molar-refractivity contribution in [2.75, 3.05) is 18.2 Å². The van der Waals surface area contributed by atoms with Gasteiger partial charge in [0, 0.05) is 11.0 Å². The van der Waals surface area contributed by atoms with Gasteiger partial charge in [-0.2, -0.15) is 5.10 Å². The highest BCUT2D eigenvalue weighted by Crippen LogP contribution is 2.22. The number of hydrogen-bond acceptors (Lipinski definition) is 4. The smallest absolute Gasteiger partial charge is 0.235 e. The monoisotopic (exact) mass is 353 g/mol. The maximum atomic E-state index is 12.3. The van der Waals surface area contributed by atoms with Crippen molar-refractivity contribution in [3.8, 4) is 11.4 Å². The number of ether oxygens (including phenoxy) is 1. The Hall–Kier alpha value is -2.73. The molecule has 0 aliphatic heterocycles. The Morgan fingerprint density at radius 3 is 2.56 bits per heavy atom. The minimum absolute atomic E-state index is 0.0714. The fraction of sp³-hybridized carbons (Fsp3) is 0.158. The average Bonchev–Trinajstić information content (AvgIpc) is 3.01. The molecule has 3 aromatic rings. The van der Waals surface area contributed by atoms with Crippen molar-refractivity contribution in [2.24, 2.45) is 0 Å². The predicted octanol–water partition coefficient (Wildman–Crippen LogP) is 3.92. The second-order valence-electron chi connectivity index (χ2n) is 5.43. The molecule has 0 spiro atoms. The molecule has 0 bridgehead atoms. The van der Waals surface area contributed by atoms with Gasteiger partial charge in [0.1, 0.15) is 11.6 Å². The van der Waals surface area contributed by atoms with Gasteiger partial charge in [0.25, 0.3) is 0 Å². The molecule has 0 atom stereocenters. The number of carbonyl (C=O) groups is 1. The van der Waals surface area contributed by atoms with E-state index in [0.29, 0.717) is 11.6 Å². The van der Waals surface area contributed by atoms with Gasteiger partial charge < -0.3 is 10.1 Å². The van der Waals surface area contributed by atoms with Crippen LogP contribution >= 0.6 is 11.8 Å². The molecule has 5 nitrogen and oxygen atoms in total. The van der Waals surface area contributed by atoms with Crippen LogP contribution in [0.25, 0.3) is 5.69 Å². The number of hydrogen-bond donors (Lipinski definition) is 1. The number of amides is 1. The highest BCUT2D eigenvalue weighted by Gasteiger charge is 2.11. The zero-order valence-corrected chi connectivity index (χ0v) is 14.9. The molecule has 6 heteroatoms. The van der Waals surface area contributed by atoms with Gasteiger partial charge in [-0.1, -0.05) is 18.2 Å². The third-order valence-corrected chi connectivity index (χ3v) is 4.54.